The molecule has 0 unspecified atom stereocenters. The maximum Gasteiger partial charge on any atom is 0.338 e. The van der Waals surface area contributed by atoms with Crippen LogP contribution in [0.4, 0.5) is 5.69 Å². The molecule has 1 aromatic heterocycles. The van der Waals surface area contributed by atoms with Gasteiger partial charge >= 0.3 is 17.8 Å². The van der Waals surface area contributed by atoms with E-state index in [4.69, 9.17) is 9.15 Å². The van der Waals surface area contributed by atoms with Crippen molar-refractivity contribution in [3.05, 3.63) is 118 Å². The SMILES string of the molecule is CCOC(=O)c1ccc(NC(=O)C(=O)NCc2ccc(/C=N\NC(=O)CN(CCc3ccccc3)S(=O)(=O)c3ccc(Br)cc3)o2)cc1. The molecular weight excluding hydrogens is 706 g/mol. The number of hydrazone groups is 1. The number of carbonyl (C=O) groups excluding carboxylic acids is 4. The number of sulfonamides is 1. The maximum atomic E-state index is 13.4. The number of hydrogen-bond acceptors (Lipinski definition) is 9. The van der Waals surface area contributed by atoms with Crippen molar-refractivity contribution in [3.8, 4) is 0 Å². The van der Waals surface area contributed by atoms with Crippen LogP contribution in [0.1, 0.15) is 34.4 Å². The second kappa shape index (κ2) is 17.2. The summed E-state index contributed by atoms with van der Waals surface area (Å²) in [5.41, 5.74) is 3.85. The van der Waals surface area contributed by atoms with Gasteiger partial charge in [0.05, 0.1) is 36.4 Å². The summed E-state index contributed by atoms with van der Waals surface area (Å²) in [7, 11) is -4.00. The van der Waals surface area contributed by atoms with Gasteiger partial charge in [-0.2, -0.15) is 9.41 Å². The van der Waals surface area contributed by atoms with Crippen LogP contribution >= 0.6 is 15.9 Å². The Hall–Kier alpha value is -5.12. The molecule has 0 aliphatic carbocycles. The first-order valence-electron chi connectivity index (χ1n) is 14.6. The smallest absolute Gasteiger partial charge is 0.338 e. The molecule has 0 bridgehead atoms. The summed E-state index contributed by atoms with van der Waals surface area (Å²) in [6, 6.07) is 24.4. The van der Waals surface area contributed by atoms with E-state index in [0.29, 0.717) is 23.4 Å². The number of ether oxygens (including phenoxy) is 1. The van der Waals surface area contributed by atoms with Crippen molar-refractivity contribution in [2.75, 3.05) is 25.0 Å². The monoisotopic (exact) mass is 737 g/mol. The Morgan fingerprint density at radius 1 is 0.917 bits per heavy atom. The third-order valence-electron chi connectivity index (χ3n) is 6.61. The third-order valence-corrected chi connectivity index (χ3v) is 9.00. The molecule has 3 amide bonds. The molecule has 4 rings (SSSR count). The summed E-state index contributed by atoms with van der Waals surface area (Å²) >= 11 is 3.30. The molecule has 4 aromatic rings. The van der Waals surface area contributed by atoms with E-state index in [0.717, 1.165) is 14.3 Å². The number of nitrogens with one attached hydrogen (secondary N) is 3. The Bertz CT molecular complexity index is 1860. The summed E-state index contributed by atoms with van der Waals surface area (Å²) < 4.78 is 39.1. The van der Waals surface area contributed by atoms with Gasteiger partial charge in [-0.3, -0.25) is 14.4 Å². The van der Waals surface area contributed by atoms with Crippen LogP contribution in [0.3, 0.4) is 0 Å². The van der Waals surface area contributed by atoms with Crippen LogP contribution in [0.2, 0.25) is 0 Å². The predicted octanol–water partition coefficient (Wildman–Crippen LogP) is 3.86. The Morgan fingerprint density at radius 3 is 2.31 bits per heavy atom. The molecule has 0 fully saturated rings. The van der Waals surface area contributed by atoms with Gasteiger partial charge in [-0.1, -0.05) is 46.3 Å². The first-order chi connectivity index (χ1) is 23.0. The van der Waals surface area contributed by atoms with Gasteiger partial charge < -0.3 is 19.8 Å². The minimum atomic E-state index is -4.00. The summed E-state index contributed by atoms with van der Waals surface area (Å²) in [5, 5.41) is 8.73. The van der Waals surface area contributed by atoms with Gasteiger partial charge in [0.25, 0.3) is 5.91 Å². The van der Waals surface area contributed by atoms with Crippen molar-refractivity contribution in [1.82, 2.24) is 15.0 Å². The minimum absolute atomic E-state index is 0.0486. The van der Waals surface area contributed by atoms with Gasteiger partial charge in [-0.25, -0.2) is 18.6 Å². The number of nitrogens with zero attached hydrogens (tertiary/aromatic N) is 2. The minimum Gasteiger partial charge on any atom is -0.462 e. The Balaban J connectivity index is 1.28. The molecule has 13 nitrogen and oxygen atoms in total. The van der Waals surface area contributed by atoms with Gasteiger partial charge in [-0.15, -0.1) is 0 Å². The van der Waals surface area contributed by atoms with Crippen LogP contribution in [-0.4, -0.2) is 62.3 Å². The summed E-state index contributed by atoms with van der Waals surface area (Å²) in [6.45, 7) is 1.40. The number of carbonyl (C=O) groups is 4. The lowest BCUT2D eigenvalue weighted by Gasteiger charge is -2.21. The van der Waals surface area contributed by atoms with E-state index in [9.17, 15) is 27.6 Å². The molecular formula is C33H32BrN5O8S. The van der Waals surface area contributed by atoms with Crippen molar-refractivity contribution < 1.29 is 36.7 Å². The molecule has 15 heteroatoms. The van der Waals surface area contributed by atoms with Crippen LogP contribution in [0.5, 0.6) is 0 Å². The van der Waals surface area contributed by atoms with Crippen LogP contribution in [0.25, 0.3) is 0 Å². The van der Waals surface area contributed by atoms with Gasteiger partial charge in [-0.05, 0) is 79.6 Å². The van der Waals surface area contributed by atoms with Crippen molar-refractivity contribution in [1.29, 1.82) is 0 Å². The average molecular weight is 739 g/mol. The lowest BCUT2D eigenvalue weighted by Crippen LogP contribution is -2.40. The van der Waals surface area contributed by atoms with E-state index in [1.165, 1.54) is 48.7 Å². The molecule has 3 N–H and O–H groups in total. The Morgan fingerprint density at radius 2 is 1.62 bits per heavy atom. The number of anilines is 1. The molecule has 3 aromatic carbocycles. The summed E-state index contributed by atoms with van der Waals surface area (Å²) in [6.07, 6.45) is 1.61. The largest absolute Gasteiger partial charge is 0.462 e. The molecule has 0 saturated carbocycles. The Labute approximate surface area is 285 Å². The molecule has 0 saturated heterocycles. The maximum absolute atomic E-state index is 13.4. The van der Waals surface area contributed by atoms with Gasteiger partial charge in [0.15, 0.2) is 0 Å². The number of amides is 3. The zero-order valence-corrected chi connectivity index (χ0v) is 28.1. The average Bonchev–Trinajstić information content (AvgIpc) is 3.54. The van der Waals surface area contributed by atoms with Crippen LogP contribution < -0.4 is 16.1 Å². The van der Waals surface area contributed by atoms with Gasteiger partial charge in [0, 0.05) is 16.7 Å². The highest BCUT2D eigenvalue weighted by Gasteiger charge is 2.26. The molecule has 0 radical (unpaired) electrons. The molecule has 48 heavy (non-hydrogen) atoms. The molecule has 0 aliphatic heterocycles. The normalized spacial score (nSPS) is 11.3. The third kappa shape index (κ3) is 10.4. The fraction of sp³-hybridized carbons (Fsp3) is 0.182. The summed E-state index contributed by atoms with van der Waals surface area (Å²) in [4.78, 5) is 49.1. The van der Waals surface area contributed by atoms with Crippen molar-refractivity contribution >= 4 is 61.5 Å². The fourth-order valence-corrected chi connectivity index (χ4v) is 5.86. The zero-order chi connectivity index (χ0) is 34.5. The number of benzene rings is 3. The van der Waals surface area contributed by atoms with Crippen LogP contribution in [0.15, 0.2) is 110 Å². The van der Waals surface area contributed by atoms with Gasteiger partial charge in [0.2, 0.25) is 10.0 Å². The first kappa shape index (κ1) is 35.7. The van der Waals surface area contributed by atoms with E-state index in [-0.39, 0.29) is 30.4 Å². The number of halogens is 1. The molecule has 0 atom stereocenters. The lowest BCUT2D eigenvalue weighted by atomic mass is 10.1. The number of rotatable bonds is 14. The fourth-order valence-electron chi connectivity index (χ4n) is 4.20. The molecule has 0 spiro atoms. The van der Waals surface area contributed by atoms with E-state index in [1.807, 2.05) is 30.3 Å². The van der Waals surface area contributed by atoms with Crippen LogP contribution in [0, 0.1) is 0 Å². The van der Waals surface area contributed by atoms with E-state index in [1.54, 1.807) is 25.1 Å². The van der Waals surface area contributed by atoms with Crippen molar-refractivity contribution in [3.63, 3.8) is 0 Å². The van der Waals surface area contributed by atoms with Crippen molar-refractivity contribution in [2.45, 2.75) is 24.8 Å². The summed E-state index contributed by atoms with van der Waals surface area (Å²) in [5.74, 6) is -2.47. The standard InChI is InChI=1S/C33H32BrN5O8S/c1-2-46-33(43)24-8-12-26(13-9-24)37-32(42)31(41)35-20-27-14-15-28(47-27)21-36-38-30(40)22-39(19-18-23-6-4-3-5-7-23)48(44,45)29-16-10-25(34)11-17-29/h3-17,21H,2,18-20,22H2,1H3,(H,35,41)(H,37,42)(H,38,40)/b36-21-. The van der Waals surface area contributed by atoms with Gasteiger partial charge in [0.1, 0.15) is 11.5 Å². The molecule has 0 aliphatic rings. The predicted molar refractivity (Wildman–Crippen MR) is 180 cm³/mol. The molecule has 1 heterocycles. The Kier molecular flexibility index (Phi) is 12.8. The number of esters is 1. The first-order valence-corrected chi connectivity index (χ1v) is 16.8. The van der Waals surface area contributed by atoms with E-state index >= 15 is 0 Å². The highest BCUT2D eigenvalue weighted by Crippen LogP contribution is 2.19. The van der Waals surface area contributed by atoms with Crippen molar-refractivity contribution in [2.24, 2.45) is 5.10 Å². The number of hydrogen-bond donors (Lipinski definition) is 3. The second-order valence-corrected chi connectivity index (χ2v) is 12.9. The van der Waals surface area contributed by atoms with Crippen LogP contribution in [-0.2, 0) is 42.1 Å². The highest BCUT2D eigenvalue weighted by atomic mass is 79.9. The topological polar surface area (TPSA) is 176 Å². The lowest BCUT2D eigenvalue weighted by molar-refractivity contribution is -0.136. The van der Waals surface area contributed by atoms with E-state index < -0.39 is 40.3 Å². The second-order valence-electron chi connectivity index (χ2n) is 10.1. The number of furan rings is 1. The quantitative estimate of drug-likeness (QED) is 0.0757. The molecule has 250 valence electrons. The zero-order valence-electron chi connectivity index (χ0n) is 25.7. The highest BCUT2D eigenvalue weighted by molar-refractivity contribution is 9.10. The van der Waals surface area contributed by atoms with E-state index in [2.05, 4.69) is 37.1 Å².